The summed E-state index contributed by atoms with van der Waals surface area (Å²) in [4.78, 5) is 10.7. The van der Waals surface area contributed by atoms with E-state index in [0.29, 0.717) is 0 Å². The molecular formula is C12H22O. The van der Waals surface area contributed by atoms with Crippen molar-refractivity contribution >= 4 is 6.29 Å². The average Bonchev–Trinajstić information content (AvgIpc) is 2.17. The van der Waals surface area contributed by atoms with Crippen molar-refractivity contribution in [3.05, 3.63) is 0 Å². The number of carbonyl (C=O) groups excluding carboxylic acids is 1. The van der Waals surface area contributed by atoms with Crippen LogP contribution < -0.4 is 0 Å². The van der Waals surface area contributed by atoms with Crippen LogP contribution >= 0.6 is 0 Å². The molecule has 0 heterocycles. The van der Waals surface area contributed by atoms with Gasteiger partial charge < -0.3 is 4.79 Å². The van der Waals surface area contributed by atoms with Gasteiger partial charge in [-0.25, -0.2) is 0 Å². The van der Waals surface area contributed by atoms with Gasteiger partial charge in [-0.3, -0.25) is 0 Å². The molecule has 1 aliphatic rings. The highest BCUT2D eigenvalue weighted by molar-refractivity contribution is 5.57. The summed E-state index contributed by atoms with van der Waals surface area (Å²) in [5.41, 5.74) is -0.0859. The number of carbonyl (C=O) groups is 1. The fourth-order valence-electron chi connectivity index (χ4n) is 2.11. The van der Waals surface area contributed by atoms with Crippen molar-refractivity contribution in [1.29, 1.82) is 0 Å². The molecule has 0 saturated heterocycles. The second kappa shape index (κ2) is 4.78. The number of aldehydes is 1. The van der Waals surface area contributed by atoms with Crippen LogP contribution in [0.4, 0.5) is 0 Å². The van der Waals surface area contributed by atoms with Crippen LogP contribution in [-0.4, -0.2) is 6.29 Å². The zero-order chi connectivity index (χ0) is 9.73. The Kier molecular flexibility index (Phi) is 3.95. The first-order valence-corrected chi connectivity index (χ1v) is 5.60. The van der Waals surface area contributed by atoms with Gasteiger partial charge >= 0.3 is 0 Å². The van der Waals surface area contributed by atoms with Crippen molar-refractivity contribution in [2.24, 2.45) is 11.3 Å². The summed E-state index contributed by atoms with van der Waals surface area (Å²) >= 11 is 0. The largest absolute Gasteiger partial charge is 0.303 e. The van der Waals surface area contributed by atoms with Gasteiger partial charge in [0, 0.05) is 5.41 Å². The second-order valence-corrected chi connectivity index (χ2v) is 5.15. The highest BCUT2D eigenvalue weighted by atomic mass is 16.1. The van der Waals surface area contributed by atoms with Crippen LogP contribution in [0.5, 0.6) is 0 Å². The van der Waals surface area contributed by atoms with E-state index in [1.54, 1.807) is 0 Å². The smallest absolute Gasteiger partial charge is 0.125 e. The molecule has 1 rings (SSSR count). The monoisotopic (exact) mass is 182 g/mol. The first-order valence-electron chi connectivity index (χ1n) is 5.60. The third-order valence-electron chi connectivity index (χ3n) is 3.24. The summed E-state index contributed by atoms with van der Waals surface area (Å²) in [6.07, 6.45) is 10.5. The van der Waals surface area contributed by atoms with Crippen molar-refractivity contribution in [3.63, 3.8) is 0 Å². The molecule has 0 atom stereocenters. The molecule has 13 heavy (non-hydrogen) atoms. The van der Waals surface area contributed by atoms with Crippen molar-refractivity contribution in [1.82, 2.24) is 0 Å². The maximum absolute atomic E-state index is 10.7. The molecule has 0 aliphatic heterocycles. The molecular weight excluding hydrogens is 160 g/mol. The molecule has 0 unspecified atom stereocenters. The molecule has 0 bridgehead atoms. The van der Waals surface area contributed by atoms with Gasteiger partial charge in [-0.15, -0.1) is 0 Å². The molecule has 1 fully saturated rings. The summed E-state index contributed by atoms with van der Waals surface area (Å²) in [6.45, 7) is 4.09. The van der Waals surface area contributed by atoms with Gasteiger partial charge in [-0.2, -0.15) is 0 Å². The second-order valence-electron chi connectivity index (χ2n) is 5.15. The highest BCUT2D eigenvalue weighted by Crippen LogP contribution is 2.31. The van der Waals surface area contributed by atoms with E-state index in [9.17, 15) is 4.79 Å². The van der Waals surface area contributed by atoms with E-state index in [2.05, 4.69) is 0 Å². The normalized spacial score (nSPS) is 20.2. The lowest BCUT2D eigenvalue weighted by molar-refractivity contribution is -0.115. The van der Waals surface area contributed by atoms with Gasteiger partial charge in [0.1, 0.15) is 6.29 Å². The van der Waals surface area contributed by atoms with E-state index in [1.807, 2.05) is 13.8 Å². The summed E-state index contributed by atoms with van der Waals surface area (Å²) in [6, 6.07) is 0. The van der Waals surface area contributed by atoms with E-state index in [1.165, 1.54) is 38.5 Å². The lowest BCUT2D eigenvalue weighted by Crippen LogP contribution is -2.16. The molecule has 0 aromatic heterocycles. The topological polar surface area (TPSA) is 17.1 Å². The number of hydrogen-bond donors (Lipinski definition) is 0. The van der Waals surface area contributed by atoms with Gasteiger partial charge in [-0.1, -0.05) is 46.0 Å². The van der Waals surface area contributed by atoms with E-state index in [4.69, 9.17) is 0 Å². The minimum absolute atomic E-state index is 0.0859. The Morgan fingerprint density at radius 2 is 1.85 bits per heavy atom. The van der Waals surface area contributed by atoms with Gasteiger partial charge in [0.2, 0.25) is 0 Å². The molecule has 0 radical (unpaired) electrons. The summed E-state index contributed by atoms with van der Waals surface area (Å²) in [5.74, 6) is 0.910. The third kappa shape index (κ3) is 3.93. The van der Waals surface area contributed by atoms with Gasteiger partial charge in [-0.05, 0) is 18.8 Å². The molecule has 0 spiro atoms. The average molecular weight is 182 g/mol. The Morgan fingerprint density at radius 1 is 1.23 bits per heavy atom. The van der Waals surface area contributed by atoms with E-state index >= 15 is 0 Å². The molecule has 1 saturated carbocycles. The molecule has 0 amide bonds. The highest BCUT2D eigenvalue weighted by Gasteiger charge is 2.20. The van der Waals surface area contributed by atoms with Crippen LogP contribution in [0.3, 0.4) is 0 Å². The van der Waals surface area contributed by atoms with E-state index in [0.717, 1.165) is 18.6 Å². The van der Waals surface area contributed by atoms with Gasteiger partial charge in [0.05, 0.1) is 0 Å². The predicted molar refractivity (Wildman–Crippen MR) is 55.7 cm³/mol. The van der Waals surface area contributed by atoms with Crippen LogP contribution in [0.1, 0.15) is 58.8 Å². The maximum atomic E-state index is 10.7. The lowest BCUT2D eigenvalue weighted by atomic mass is 9.80. The van der Waals surface area contributed by atoms with Crippen molar-refractivity contribution in [2.45, 2.75) is 58.8 Å². The van der Waals surface area contributed by atoms with Crippen molar-refractivity contribution in [3.8, 4) is 0 Å². The Morgan fingerprint density at radius 3 is 2.38 bits per heavy atom. The number of hydrogen-bond acceptors (Lipinski definition) is 1. The lowest BCUT2D eigenvalue weighted by Gasteiger charge is -2.25. The summed E-state index contributed by atoms with van der Waals surface area (Å²) in [7, 11) is 0. The zero-order valence-electron chi connectivity index (χ0n) is 9.01. The Hall–Kier alpha value is -0.330. The van der Waals surface area contributed by atoms with Crippen molar-refractivity contribution < 1.29 is 4.79 Å². The van der Waals surface area contributed by atoms with Crippen LogP contribution in [-0.2, 0) is 4.79 Å². The van der Waals surface area contributed by atoms with Crippen molar-refractivity contribution in [2.75, 3.05) is 0 Å². The molecule has 0 N–H and O–H groups in total. The predicted octanol–water partition coefficient (Wildman–Crippen LogP) is 3.57. The Labute approximate surface area is 81.9 Å². The van der Waals surface area contributed by atoms with Crippen LogP contribution in [0.15, 0.2) is 0 Å². The molecule has 76 valence electrons. The first kappa shape index (κ1) is 10.7. The van der Waals surface area contributed by atoms with Crippen LogP contribution in [0.2, 0.25) is 0 Å². The quantitative estimate of drug-likeness (QED) is 0.607. The fourth-order valence-corrected chi connectivity index (χ4v) is 2.11. The fraction of sp³-hybridized carbons (Fsp3) is 0.917. The van der Waals surface area contributed by atoms with E-state index in [-0.39, 0.29) is 5.41 Å². The summed E-state index contributed by atoms with van der Waals surface area (Å²) < 4.78 is 0. The first-order chi connectivity index (χ1) is 6.14. The number of rotatable bonds is 4. The maximum Gasteiger partial charge on any atom is 0.125 e. The Balaban J connectivity index is 2.20. The third-order valence-corrected chi connectivity index (χ3v) is 3.24. The zero-order valence-corrected chi connectivity index (χ0v) is 9.01. The van der Waals surface area contributed by atoms with E-state index < -0.39 is 0 Å². The molecule has 1 aliphatic carbocycles. The minimum atomic E-state index is -0.0859. The Bertz CT molecular complexity index is 155. The molecule has 0 aromatic carbocycles. The summed E-state index contributed by atoms with van der Waals surface area (Å²) in [5, 5.41) is 0. The SMILES string of the molecule is CC(C)(C=O)CCC1CCCCC1. The molecule has 0 aromatic rings. The minimum Gasteiger partial charge on any atom is -0.303 e. The van der Waals surface area contributed by atoms with Crippen LogP contribution in [0.25, 0.3) is 0 Å². The van der Waals surface area contributed by atoms with Gasteiger partial charge in [0.15, 0.2) is 0 Å². The van der Waals surface area contributed by atoms with Gasteiger partial charge in [0.25, 0.3) is 0 Å². The van der Waals surface area contributed by atoms with Crippen LogP contribution in [0, 0.1) is 11.3 Å². The molecule has 1 heteroatoms. The molecule has 1 nitrogen and oxygen atoms in total. The standard InChI is InChI=1S/C12H22O/c1-12(2,10-13)9-8-11-6-4-3-5-7-11/h10-11H,3-9H2,1-2H3.